The number of nitrogens with one attached hydrogen (secondary N) is 2. The first-order valence-corrected chi connectivity index (χ1v) is 8.04. The molecule has 3 N–H and O–H groups in total. The number of hydrogen-bond donors (Lipinski definition) is 3. The summed E-state index contributed by atoms with van der Waals surface area (Å²) >= 11 is 0. The highest BCUT2D eigenvalue weighted by Gasteiger charge is 2.34. The fraction of sp³-hybridized carbons (Fsp3) is 0.933. The average molecular weight is 284 g/mol. The van der Waals surface area contributed by atoms with Gasteiger partial charge >= 0.3 is 6.03 Å². The zero-order valence-electron chi connectivity index (χ0n) is 12.3. The minimum absolute atomic E-state index is 0.213. The van der Waals surface area contributed by atoms with Crippen LogP contribution in [0.5, 0.6) is 0 Å². The SMILES string of the molecule is O=C(NCCOC1CCCCCC1)NCC1(O)CCC1. The Morgan fingerprint density at radius 1 is 1.10 bits per heavy atom. The van der Waals surface area contributed by atoms with Gasteiger partial charge in [-0.1, -0.05) is 25.7 Å². The molecule has 0 aromatic heterocycles. The van der Waals surface area contributed by atoms with Crippen LogP contribution in [-0.2, 0) is 4.74 Å². The van der Waals surface area contributed by atoms with Crippen molar-refractivity contribution in [2.75, 3.05) is 19.7 Å². The molecular formula is C15H28N2O3. The lowest BCUT2D eigenvalue weighted by Gasteiger charge is -2.36. The summed E-state index contributed by atoms with van der Waals surface area (Å²) in [5.74, 6) is 0. The monoisotopic (exact) mass is 284 g/mol. The van der Waals surface area contributed by atoms with Gasteiger partial charge in [0.15, 0.2) is 0 Å². The van der Waals surface area contributed by atoms with E-state index in [0.717, 1.165) is 32.1 Å². The van der Waals surface area contributed by atoms with Gasteiger partial charge in [-0.05, 0) is 32.1 Å². The molecule has 0 unspecified atom stereocenters. The van der Waals surface area contributed by atoms with Gasteiger partial charge in [0.05, 0.1) is 18.3 Å². The summed E-state index contributed by atoms with van der Waals surface area (Å²) in [4.78, 5) is 11.5. The van der Waals surface area contributed by atoms with Crippen molar-refractivity contribution < 1.29 is 14.6 Å². The third-order valence-corrected chi connectivity index (χ3v) is 4.41. The maximum absolute atomic E-state index is 11.5. The maximum Gasteiger partial charge on any atom is 0.314 e. The summed E-state index contributed by atoms with van der Waals surface area (Å²) in [6.45, 7) is 1.45. The number of carbonyl (C=O) groups excluding carboxylic acids is 1. The van der Waals surface area contributed by atoms with Crippen molar-refractivity contribution in [2.45, 2.75) is 69.5 Å². The first-order chi connectivity index (χ1) is 9.68. The van der Waals surface area contributed by atoms with Gasteiger partial charge in [0, 0.05) is 13.1 Å². The maximum atomic E-state index is 11.5. The molecule has 2 fully saturated rings. The fourth-order valence-corrected chi connectivity index (χ4v) is 2.87. The van der Waals surface area contributed by atoms with Crippen molar-refractivity contribution in [3.63, 3.8) is 0 Å². The van der Waals surface area contributed by atoms with Crippen LogP contribution in [0.3, 0.4) is 0 Å². The molecule has 5 nitrogen and oxygen atoms in total. The lowest BCUT2D eigenvalue weighted by molar-refractivity contribution is -0.0290. The van der Waals surface area contributed by atoms with Crippen molar-refractivity contribution in [3.8, 4) is 0 Å². The lowest BCUT2D eigenvalue weighted by Crippen LogP contribution is -2.50. The summed E-state index contributed by atoms with van der Waals surface area (Å²) in [5, 5.41) is 15.4. The molecule has 0 aromatic rings. The molecule has 5 heteroatoms. The van der Waals surface area contributed by atoms with Crippen molar-refractivity contribution >= 4 is 6.03 Å². The number of hydrogen-bond acceptors (Lipinski definition) is 3. The van der Waals surface area contributed by atoms with Gasteiger partial charge in [0.25, 0.3) is 0 Å². The van der Waals surface area contributed by atoms with Gasteiger partial charge in [-0.2, -0.15) is 0 Å². The van der Waals surface area contributed by atoms with E-state index >= 15 is 0 Å². The van der Waals surface area contributed by atoms with E-state index in [9.17, 15) is 9.90 Å². The molecule has 2 amide bonds. The van der Waals surface area contributed by atoms with Gasteiger partial charge in [0.2, 0.25) is 0 Å². The van der Waals surface area contributed by atoms with Crippen molar-refractivity contribution in [2.24, 2.45) is 0 Å². The Hall–Kier alpha value is -0.810. The van der Waals surface area contributed by atoms with Crippen molar-refractivity contribution in [3.05, 3.63) is 0 Å². The third-order valence-electron chi connectivity index (χ3n) is 4.41. The van der Waals surface area contributed by atoms with Crippen molar-refractivity contribution in [1.82, 2.24) is 10.6 Å². The fourth-order valence-electron chi connectivity index (χ4n) is 2.87. The Morgan fingerprint density at radius 3 is 2.40 bits per heavy atom. The molecule has 0 aromatic carbocycles. The largest absolute Gasteiger partial charge is 0.388 e. The normalized spacial score (nSPS) is 22.6. The third kappa shape index (κ3) is 5.29. The highest BCUT2D eigenvalue weighted by atomic mass is 16.5. The first-order valence-electron chi connectivity index (χ1n) is 8.04. The van der Waals surface area contributed by atoms with E-state index in [1.807, 2.05) is 0 Å². The number of aliphatic hydroxyl groups is 1. The molecule has 0 heterocycles. The second kappa shape index (κ2) is 7.84. The second-order valence-corrected chi connectivity index (χ2v) is 6.17. The lowest BCUT2D eigenvalue weighted by atomic mass is 9.80. The van der Waals surface area contributed by atoms with Crippen LogP contribution >= 0.6 is 0 Å². The van der Waals surface area contributed by atoms with Gasteiger partial charge in [-0.25, -0.2) is 4.79 Å². The molecule has 0 bridgehead atoms. The minimum atomic E-state index is -0.659. The molecule has 0 saturated heterocycles. The Labute approximate surface area is 121 Å². The van der Waals surface area contributed by atoms with Crippen LogP contribution in [0.4, 0.5) is 4.79 Å². The number of amides is 2. The molecule has 2 aliphatic carbocycles. The second-order valence-electron chi connectivity index (χ2n) is 6.17. The van der Waals surface area contributed by atoms with E-state index in [0.29, 0.717) is 25.8 Å². The Kier molecular flexibility index (Phi) is 6.10. The van der Waals surface area contributed by atoms with Crippen LogP contribution in [0.1, 0.15) is 57.8 Å². The summed E-state index contributed by atoms with van der Waals surface area (Å²) < 4.78 is 5.80. The quantitative estimate of drug-likeness (QED) is 0.515. The van der Waals surface area contributed by atoms with Crippen LogP contribution in [0.25, 0.3) is 0 Å². The number of ether oxygens (including phenoxy) is 1. The summed E-state index contributed by atoms with van der Waals surface area (Å²) in [5.41, 5.74) is -0.659. The Balaban J connectivity index is 1.48. The molecule has 2 aliphatic rings. The Morgan fingerprint density at radius 2 is 1.80 bits per heavy atom. The van der Waals surface area contributed by atoms with E-state index in [-0.39, 0.29) is 6.03 Å². The molecule has 0 aliphatic heterocycles. The molecule has 2 rings (SSSR count). The molecular weight excluding hydrogens is 256 g/mol. The molecule has 0 radical (unpaired) electrons. The zero-order valence-corrected chi connectivity index (χ0v) is 12.3. The standard InChI is InChI=1S/C15H28N2O3/c18-14(17-12-15(19)8-5-9-15)16-10-11-20-13-6-3-1-2-4-7-13/h13,19H,1-12H2,(H2,16,17,18). The summed E-state index contributed by atoms with van der Waals surface area (Å²) in [6, 6.07) is -0.213. The molecule has 116 valence electrons. The Bertz CT molecular complexity index is 297. The van der Waals surface area contributed by atoms with Crippen molar-refractivity contribution in [1.29, 1.82) is 0 Å². The average Bonchev–Trinajstić information content (AvgIpc) is 2.68. The van der Waals surface area contributed by atoms with E-state index in [1.54, 1.807) is 0 Å². The van der Waals surface area contributed by atoms with Crippen LogP contribution in [-0.4, -0.2) is 42.5 Å². The van der Waals surface area contributed by atoms with Gasteiger partial charge in [0.1, 0.15) is 0 Å². The smallest absolute Gasteiger partial charge is 0.314 e. The van der Waals surface area contributed by atoms with E-state index < -0.39 is 5.60 Å². The first kappa shape index (κ1) is 15.6. The summed E-state index contributed by atoms with van der Waals surface area (Å²) in [7, 11) is 0. The van der Waals surface area contributed by atoms with Crippen LogP contribution in [0.2, 0.25) is 0 Å². The van der Waals surface area contributed by atoms with Gasteiger partial charge in [-0.3, -0.25) is 0 Å². The highest BCUT2D eigenvalue weighted by molar-refractivity contribution is 5.73. The predicted octanol–water partition coefficient (Wildman–Crippen LogP) is 1.94. The predicted molar refractivity (Wildman–Crippen MR) is 77.6 cm³/mol. The van der Waals surface area contributed by atoms with E-state index in [1.165, 1.54) is 25.7 Å². The van der Waals surface area contributed by atoms with E-state index in [4.69, 9.17) is 4.74 Å². The van der Waals surface area contributed by atoms with Gasteiger partial charge < -0.3 is 20.5 Å². The number of urea groups is 1. The number of carbonyl (C=O) groups is 1. The van der Waals surface area contributed by atoms with Crippen LogP contribution in [0.15, 0.2) is 0 Å². The van der Waals surface area contributed by atoms with Crippen LogP contribution < -0.4 is 10.6 Å². The van der Waals surface area contributed by atoms with Gasteiger partial charge in [-0.15, -0.1) is 0 Å². The molecule has 0 atom stereocenters. The minimum Gasteiger partial charge on any atom is -0.388 e. The topological polar surface area (TPSA) is 70.6 Å². The van der Waals surface area contributed by atoms with Crippen LogP contribution in [0, 0.1) is 0 Å². The summed E-state index contributed by atoms with van der Waals surface area (Å²) in [6.07, 6.45) is 10.5. The zero-order chi connectivity index (χ0) is 14.3. The molecule has 2 saturated carbocycles. The molecule has 0 spiro atoms. The van der Waals surface area contributed by atoms with E-state index in [2.05, 4.69) is 10.6 Å². The molecule has 20 heavy (non-hydrogen) atoms. The number of rotatable bonds is 6. The highest BCUT2D eigenvalue weighted by Crippen LogP contribution is 2.30.